The van der Waals surface area contributed by atoms with Crippen molar-refractivity contribution in [2.75, 3.05) is 20.1 Å². The fourth-order valence-corrected chi connectivity index (χ4v) is 2.27. The van der Waals surface area contributed by atoms with Crippen molar-refractivity contribution in [3.05, 3.63) is 0 Å². The van der Waals surface area contributed by atoms with Gasteiger partial charge in [-0.15, -0.1) is 0 Å². The van der Waals surface area contributed by atoms with Gasteiger partial charge in [-0.3, -0.25) is 9.69 Å². The smallest absolute Gasteiger partial charge is 0.219 e. The van der Waals surface area contributed by atoms with E-state index in [4.69, 9.17) is 0 Å². The van der Waals surface area contributed by atoms with E-state index in [0.717, 1.165) is 19.5 Å². The van der Waals surface area contributed by atoms with Crippen molar-refractivity contribution >= 4 is 5.91 Å². The van der Waals surface area contributed by atoms with E-state index in [2.05, 4.69) is 32.7 Å². The van der Waals surface area contributed by atoms with Gasteiger partial charge in [0, 0.05) is 31.6 Å². The minimum Gasteiger partial charge on any atom is -0.341 e. The van der Waals surface area contributed by atoms with Crippen LogP contribution in [0.25, 0.3) is 0 Å². The molecule has 1 heterocycles. The number of carbonyl (C=O) groups is 1. The first-order valence-electron chi connectivity index (χ1n) is 6.31. The monoisotopic (exact) mass is 226 g/mol. The Hall–Kier alpha value is -0.570. The molecule has 0 saturated carbocycles. The molecule has 0 bridgehead atoms. The van der Waals surface area contributed by atoms with Crippen LogP contribution >= 0.6 is 0 Å². The van der Waals surface area contributed by atoms with Crippen LogP contribution in [0.2, 0.25) is 0 Å². The standard InChI is InChI=1S/C13H26N2O/c1-11(16)15-9-7-6-8-12(10-15)14(5)13(2,3)4/h12H,6-10H2,1-5H3. The van der Waals surface area contributed by atoms with Crippen molar-refractivity contribution in [3.63, 3.8) is 0 Å². The molecule has 1 aliphatic rings. The number of likely N-dealkylation sites (N-methyl/N-ethyl adjacent to an activating group) is 1. The molecule has 1 rings (SSSR count). The third-order valence-electron chi connectivity index (χ3n) is 3.70. The Labute approximate surface area is 99.8 Å². The highest BCUT2D eigenvalue weighted by Gasteiger charge is 2.28. The van der Waals surface area contributed by atoms with Crippen LogP contribution < -0.4 is 0 Å². The Kier molecular flexibility index (Phi) is 4.36. The molecule has 1 fully saturated rings. The van der Waals surface area contributed by atoms with Crippen molar-refractivity contribution in [2.45, 2.75) is 58.5 Å². The molecule has 0 N–H and O–H groups in total. The molecule has 1 amide bonds. The summed E-state index contributed by atoms with van der Waals surface area (Å²) in [6, 6.07) is 0.506. The zero-order valence-electron chi connectivity index (χ0n) is 11.4. The highest BCUT2D eigenvalue weighted by atomic mass is 16.2. The van der Waals surface area contributed by atoms with Crippen LogP contribution in [0.4, 0.5) is 0 Å². The molecule has 0 aliphatic carbocycles. The minimum absolute atomic E-state index is 0.178. The number of likely N-dealkylation sites (tertiary alicyclic amines) is 1. The number of hydrogen-bond donors (Lipinski definition) is 0. The van der Waals surface area contributed by atoms with Gasteiger partial charge in [0.05, 0.1) is 0 Å². The molecule has 0 spiro atoms. The van der Waals surface area contributed by atoms with Crippen LogP contribution in [0.1, 0.15) is 47.0 Å². The van der Waals surface area contributed by atoms with E-state index in [1.54, 1.807) is 6.92 Å². The normalized spacial score (nSPS) is 23.4. The molecular formula is C13H26N2O. The molecule has 0 aromatic rings. The van der Waals surface area contributed by atoms with Crippen LogP contribution in [-0.2, 0) is 4.79 Å². The lowest BCUT2D eigenvalue weighted by Crippen LogP contribution is -2.50. The number of amides is 1. The van der Waals surface area contributed by atoms with E-state index < -0.39 is 0 Å². The van der Waals surface area contributed by atoms with Gasteiger partial charge in [0.2, 0.25) is 5.91 Å². The first kappa shape index (κ1) is 13.5. The van der Waals surface area contributed by atoms with Crippen LogP contribution in [0.3, 0.4) is 0 Å². The van der Waals surface area contributed by atoms with Gasteiger partial charge in [0.1, 0.15) is 0 Å². The van der Waals surface area contributed by atoms with Crippen molar-refractivity contribution in [1.82, 2.24) is 9.80 Å². The van der Waals surface area contributed by atoms with Gasteiger partial charge in [-0.1, -0.05) is 6.42 Å². The van der Waals surface area contributed by atoms with Gasteiger partial charge >= 0.3 is 0 Å². The fraction of sp³-hybridized carbons (Fsp3) is 0.923. The Balaban J connectivity index is 2.68. The molecule has 3 heteroatoms. The van der Waals surface area contributed by atoms with Crippen LogP contribution in [0.5, 0.6) is 0 Å². The van der Waals surface area contributed by atoms with Crippen molar-refractivity contribution < 1.29 is 4.79 Å². The summed E-state index contributed by atoms with van der Waals surface area (Å²) in [6.07, 6.45) is 3.58. The maximum absolute atomic E-state index is 11.5. The molecular weight excluding hydrogens is 200 g/mol. The molecule has 1 saturated heterocycles. The second-order valence-corrected chi connectivity index (χ2v) is 5.90. The summed E-state index contributed by atoms with van der Waals surface area (Å²) in [6.45, 7) is 10.2. The summed E-state index contributed by atoms with van der Waals surface area (Å²) in [5.41, 5.74) is 0.178. The number of rotatable bonds is 1. The summed E-state index contributed by atoms with van der Waals surface area (Å²) in [4.78, 5) is 15.9. The summed E-state index contributed by atoms with van der Waals surface area (Å²) in [5.74, 6) is 0.217. The molecule has 16 heavy (non-hydrogen) atoms. The average molecular weight is 226 g/mol. The predicted molar refractivity (Wildman–Crippen MR) is 67.4 cm³/mol. The van der Waals surface area contributed by atoms with E-state index in [1.807, 2.05) is 4.90 Å². The topological polar surface area (TPSA) is 23.6 Å². The zero-order chi connectivity index (χ0) is 12.3. The molecule has 1 aliphatic heterocycles. The third kappa shape index (κ3) is 3.48. The van der Waals surface area contributed by atoms with Crippen molar-refractivity contribution in [2.24, 2.45) is 0 Å². The molecule has 1 atom stereocenters. The first-order chi connectivity index (χ1) is 7.32. The van der Waals surface area contributed by atoms with Gasteiger partial charge in [-0.05, 0) is 40.7 Å². The molecule has 0 aromatic carbocycles. The van der Waals surface area contributed by atoms with Crippen LogP contribution in [0.15, 0.2) is 0 Å². The van der Waals surface area contributed by atoms with E-state index in [9.17, 15) is 4.79 Å². The van der Waals surface area contributed by atoms with E-state index in [1.165, 1.54) is 12.8 Å². The van der Waals surface area contributed by atoms with Gasteiger partial charge in [0.25, 0.3) is 0 Å². The highest BCUT2D eigenvalue weighted by Crippen LogP contribution is 2.21. The summed E-state index contributed by atoms with van der Waals surface area (Å²) >= 11 is 0. The van der Waals surface area contributed by atoms with Gasteiger partial charge < -0.3 is 4.90 Å². The number of hydrogen-bond acceptors (Lipinski definition) is 2. The zero-order valence-corrected chi connectivity index (χ0v) is 11.4. The first-order valence-corrected chi connectivity index (χ1v) is 6.31. The lowest BCUT2D eigenvalue weighted by atomic mass is 10.0. The molecule has 0 radical (unpaired) electrons. The number of carbonyl (C=O) groups excluding carboxylic acids is 1. The molecule has 1 unspecified atom stereocenters. The summed E-state index contributed by atoms with van der Waals surface area (Å²) in [7, 11) is 2.17. The second kappa shape index (κ2) is 5.17. The van der Waals surface area contributed by atoms with Crippen LogP contribution in [0, 0.1) is 0 Å². The Morgan fingerprint density at radius 1 is 1.31 bits per heavy atom. The lowest BCUT2D eigenvalue weighted by molar-refractivity contribution is -0.129. The SMILES string of the molecule is CC(=O)N1CCCCC(N(C)C(C)(C)C)C1. The van der Waals surface area contributed by atoms with E-state index in [0.29, 0.717) is 6.04 Å². The quantitative estimate of drug-likeness (QED) is 0.684. The van der Waals surface area contributed by atoms with Gasteiger partial charge in [-0.2, -0.15) is 0 Å². The molecule has 94 valence electrons. The van der Waals surface area contributed by atoms with E-state index >= 15 is 0 Å². The summed E-state index contributed by atoms with van der Waals surface area (Å²) in [5, 5.41) is 0. The summed E-state index contributed by atoms with van der Waals surface area (Å²) < 4.78 is 0. The highest BCUT2D eigenvalue weighted by molar-refractivity contribution is 5.73. The Bertz CT molecular complexity index is 245. The Morgan fingerprint density at radius 2 is 1.94 bits per heavy atom. The fourth-order valence-electron chi connectivity index (χ4n) is 2.27. The predicted octanol–water partition coefficient (Wildman–Crippen LogP) is 2.12. The number of nitrogens with zero attached hydrogens (tertiary/aromatic N) is 2. The second-order valence-electron chi connectivity index (χ2n) is 5.90. The molecule has 3 nitrogen and oxygen atoms in total. The van der Waals surface area contributed by atoms with Gasteiger partial charge in [-0.25, -0.2) is 0 Å². The maximum atomic E-state index is 11.5. The Morgan fingerprint density at radius 3 is 2.44 bits per heavy atom. The van der Waals surface area contributed by atoms with Crippen LogP contribution in [-0.4, -0.2) is 47.4 Å². The third-order valence-corrected chi connectivity index (χ3v) is 3.70. The van der Waals surface area contributed by atoms with Crippen molar-refractivity contribution in [1.29, 1.82) is 0 Å². The minimum atomic E-state index is 0.178. The maximum Gasteiger partial charge on any atom is 0.219 e. The van der Waals surface area contributed by atoms with Gasteiger partial charge in [0.15, 0.2) is 0 Å². The lowest BCUT2D eigenvalue weighted by Gasteiger charge is -2.39. The van der Waals surface area contributed by atoms with Crippen molar-refractivity contribution in [3.8, 4) is 0 Å². The average Bonchev–Trinajstić information content (AvgIpc) is 2.40. The molecule has 0 aromatic heterocycles. The largest absolute Gasteiger partial charge is 0.341 e. The van der Waals surface area contributed by atoms with E-state index in [-0.39, 0.29) is 11.4 Å².